The summed E-state index contributed by atoms with van der Waals surface area (Å²) in [6, 6.07) is 3.88. The number of halogens is 1. The van der Waals surface area contributed by atoms with Crippen LogP contribution in [0, 0.1) is 6.92 Å². The van der Waals surface area contributed by atoms with Crippen LogP contribution in [0.1, 0.15) is 25.0 Å². The van der Waals surface area contributed by atoms with E-state index in [1.165, 1.54) is 0 Å². The summed E-state index contributed by atoms with van der Waals surface area (Å²) in [5.41, 5.74) is 0.906. The minimum absolute atomic E-state index is 0.742. The van der Waals surface area contributed by atoms with Crippen LogP contribution in [0.15, 0.2) is 16.6 Å². The molecule has 0 aliphatic carbocycles. The maximum Gasteiger partial charge on any atom is 0.128 e. The standard InChI is InChI=1S/C11H15BrO2/c1-7-5-6-8(12)9(10(7)14-4)11(2,3)13/h5-6,13H,1-4H3. The molecule has 0 aliphatic rings. The van der Waals surface area contributed by atoms with Crippen LogP contribution in [0.25, 0.3) is 0 Å². The average molecular weight is 259 g/mol. The molecular weight excluding hydrogens is 244 g/mol. The number of aliphatic hydroxyl groups is 1. The highest BCUT2D eigenvalue weighted by atomic mass is 79.9. The highest BCUT2D eigenvalue weighted by molar-refractivity contribution is 9.10. The zero-order valence-corrected chi connectivity index (χ0v) is 10.5. The van der Waals surface area contributed by atoms with Crippen LogP contribution in [0.3, 0.4) is 0 Å². The van der Waals surface area contributed by atoms with Gasteiger partial charge in [0.05, 0.1) is 12.7 Å². The summed E-state index contributed by atoms with van der Waals surface area (Å²) < 4.78 is 6.16. The number of rotatable bonds is 2. The normalized spacial score (nSPS) is 11.6. The third-order valence-corrected chi connectivity index (χ3v) is 2.78. The SMILES string of the molecule is COc1c(C)ccc(Br)c1C(C)(C)O. The fraction of sp³-hybridized carbons (Fsp3) is 0.455. The average Bonchev–Trinajstić information content (AvgIpc) is 2.06. The van der Waals surface area contributed by atoms with Crippen molar-refractivity contribution in [1.29, 1.82) is 0 Å². The summed E-state index contributed by atoms with van der Waals surface area (Å²) in [6.45, 7) is 5.45. The lowest BCUT2D eigenvalue weighted by atomic mass is 9.95. The summed E-state index contributed by atoms with van der Waals surface area (Å²) in [5, 5.41) is 10.00. The number of hydrogen-bond donors (Lipinski definition) is 1. The molecule has 3 heteroatoms. The Hall–Kier alpha value is -0.540. The molecule has 78 valence electrons. The van der Waals surface area contributed by atoms with Crippen molar-refractivity contribution in [2.45, 2.75) is 26.4 Å². The molecule has 0 saturated carbocycles. The molecule has 1 N–H and O–H groups in total. The molecule has 0 saturated heterocycles. The fourth-order valence-corrected chi connectivity index (χ4v) is 2.29. The predicted molar refractivity (Wildman–Crippen MR) is 60.7 cm³/mol. The van der Waals surface area contributed by atoms with Crippen LogP contribution in [0.4, 0.5) is 0 Å². The van der Waals surface area contributed by atoms with E-state index < -0.39 is 5.60 Å². The zero-order valence-electron chi connectivity index (χ0n) is 8.89. The Morgan fingerprint density at radius 1 is 1.36 bits per heavy atom. The molecule has 0 fully saturated rings. The monoisotopic (exact) mass is 258 g/mol. The minimum Gasteiger partial charge on any atom is -0.496 e. The van der Waals surface area contributed by atoms with Gasteiger partial charge in [-0.05, 0) is 32.4 Å². The topological polar surface area (TPSA) is 29.5 Å². The molecule has 0 heterocycles. The van der Waals surface area contributed by atoms with Crippen LogP contribution < -0.4 is 4.74 Å². The Kier molecular flexibility index (Phi) is 3.22. The first-order chi connectivity index (χ1) is 6.38. The lowest BCUT2D eigenvalue weighted by Crippen LogP contribution is -2.18. The van der Waals surface area contributed by atoms with Crippen LogP contribution >= 0.6 is 15.9 Å². The Morgan fingerprint density at radius 2 is 1.93 bits per heavy atom. The largest absolute Gasteiger partial charge is 0.496 e. The quantitative estimate of drug-likeness (QED) is 0.884. The van der Waals surface area contributed by atoms with Crippen molar-refractivity contribution < 1.29 is 9.84 Å². The molecule has 0 bridgehead atoms. The molecule has 1 aromatic carbocycles. The molecule has 0 aromatic heterocycles. The van der Waals surface area contributed by atoms with E-state index in [4.69, 9.17) is 4.74 Å². The van der Waals surface area contributed by atoms with E-state index in [1.807, 2.05) is 19.1 Å². The second-order valence-electron chi connectivity index (χ2n) is 3.83. The number of aryl methyl sites for hydroxylation is 1. The van der Waals surface area contributed by atoms with E-state index in [9.17, 15) is 5.11 Å². The molecule has 0 spiro atoms. The van der Waals surface area contributed by atoms with E-state index in [1.54, 1.807) is 21.0 Å². The van der Waals surface area contributed by atoms with Crippen LogP contribution in [-0.2, 0) is 5.60 Å². The van der Waals surface area contributed by atoms with Crippen molar-refractivity contribution in [3.8, 4) is 5.75 Å². The summed E-state index contributed by atoms with van der Waals surface area (Å²) in [7, 11) is 1.62. The van der Waals surface area contributed by atoms with Gasteiger partial charge in [-0.1, -0.05) is 22.0 Å². The molecule has 0 unspecified atom stereocenters. The molecule has 14 heavy (non-hydrogen) atoms. The van der Waals surface area contributed by atoms with Crippen molar-refractivity contribution in [3.63, 3.8) is 0 Å². The highest BCUT2D eigenvalue weighted by Gasteiger charge is 2.24. The second kappa shape index (κ2) is 3.91. The number of methoxy groups -OCH3 is 1. The minimum atomic E-state index is -0.907. The number of hydrogen-bond acceptors (Lipinski definition) is 2. The van der Waals surface area contributed by atoms with E-state index in [0.717, 1.165) is 21.3 Å². The maximum absolute atomic E-state index is 10.00. The first-order valence-corrected chi connectivity index (χ1v) is 5.23. The van der Waals surface area contributed by atoms with Gasteiger partial charge >= 0.3 is 0 Å². The van der Waals surface area contributed by atoms with Gasteiger partial charge in [0.25, 0.3) is 0 Å². The van der Waals surface area contributed by atoms with Crippen molar-refractivity contribution in [2.24, 2.45) is 0 Å². The van der Waals surface area contributed by atoms with E-state index in [2.05, 4.69) is 15.9 Å². The van der Waals surface area contributed by atoms with Crippen molar-refractivity contribution in [3.05, 3.63) is 27.7 Å². The van der Waals surface area contributed by atoms with Crippen molar-refractivity contribution in [2.75, 3.05) is 7.11 Å². The Labute approximate surface area is 93.0 Å². The van der Waals surface area contributed by atoms with E-state index in [0.29, 0.717) is 0 Å². The van der Waals surface area contributed by atoms with Crippen molar-refractivity contribution >= 4 is 15.9 Å². The third kappa shape index (κ3) is 2.10. The first kappa shape index (κ1) is 11.5. The smallest absolute Gasteiger partial charge is 0.128 e. The van der Waals surface area contributed by atoms with Gasteiger partial charge in [-0.3, -0.25) is 0 Å². The van der Waals surface area contributed by atoms with Gasteiger partial charge in [0, 0.05) is 10.0 Å². The lowest BCUT2D eigenvalue weighted by Gasteiger charge is -2.23. The molecular formula is C11H15BrO2. The molecule has 0 atom stereocenters. The molecule has 0 amide bonds. The second-order valence-corrected chi connectivity index (χ2v) is 4.69. The van der Waals surface area contributed by atoms with Gasteiger partial charge in [0.1, 0.15) is 5.75 Å². The molecule has 1 aromatic rings. The molecule has 2 nitrogen and oxygen atoms in total. The number of benzene rings is 1. The summed E-state index contributed by atoms with van der Waals surface area (Å²) in [5.74, 6) is 0.742. The zero-order chi connectivity index (χ0) is 10.9. The van der Waals surface area contributed by atoms with Crippen molar-refractivity contribution in [1.82, 2.24) is 0 Å². The summed E-state index contributed by atoms with van der Waals surface area (Å²) in [4.78, 5) is 0. The van der Waals surface area contributed by atoms with Gasteiger partial charge in [-0.15, -0.1) is 0 Å². The molecule has 0 radical (unpaired) electrons. The summed E-state index contributed by atoms with van der Waals surface area (Å²) in [6.07, 6.45) is 0. The molecule has 1 rings (SSSR count). The Bertz CT molecular complexity index is 340. The highest BCUT2D eigenvalue weighted by Crippen LogP contribution is 2.37. The fourth-order valence-electron chi connectivity index (χ4n) is 1.50. The Morgan fingerprint density at radius 3 is 2.29 bits per heavy atom. The van der Waals surface area contributed by atoms with Gasteiger partial charge < -0.3 is 9.84 Å². The van der Waals surface area contributed by atoms with Gasteiger partial charge in [-0.25, -0.2) is 0 Å². The number of ether oxygens (including phenoxy) is 1. The van der Waals surface area contributed by atoms with E-state index >= 15 is 0 Å². The Balaban J connectivity index is 3.46. The van der Waals surface area contributed by atoms with Crippen LogP contribution in [0.5, 0.6) is 5.75 Å². The maximum atomic E-state index is 10.00. The van der Waals surface area contributed by atoms with Crippen LogP contribution in [0.2, 0.25) is 0 Å². The van der Waals surface area contributed by atoms with Gasteiger partial charge in [-0.2, -0.15) is 0 Å². The van der Waals surface area contributed by atoms with Gasteiger partial charge in [0.2, 0.25) is 0 Å². The van der Waals surface area contributed by atoms with E-state index in [-0.39, 0.29) is 0 Å². The predicted octanol–water partition coefficient (Wildman–Crippen LogP) is 2.99. The van der Waals surface area contributed by atoms with Gasteiger partial charge in [0.15, 0.2) is 0 Å². The first-order valence-electron chi connectivity index (χ1n) is 4.44. The molecule has 0 aliphatic heterocycles. The lowest BCUT2D eigenvalue weighted by molar-refractivity contribution is 0.0747. The van der Waals surface area contributed by atoms with Crippen LogP contribution in [-0.4, -0.2) is 12.2 Å². The summed E-state index contributed by atoms with van der Waals surface area (Å²) >= 11 is 3.42. The third-order valence-electron chi connectivity index (χ3n) is 2.12.